The van der Waals surface area contributed by atoms with Crippen LogP contribution in [-0.2, 0) is 11.2 Å². The van der Waals surface area contributed by atoms with Crippen LogP contribution in [0.4, 0.5) is 0 Å². The van der Waals surface area contributed by atoms with Crippen LogP contribution in [0.3, 0.4) is 0 Å². The Morgan fingerprint density at radius 2 is 1.95 bits per heavy atom. The molecule has 0 spiro atoms. The fraction of sp³-hybridized carbons (Fsp3) is 0.765. The highest BCUT2D eigenvalue weighted by Crippen LogP contribution is 2.37. The third-order valence-electron chi connectivity index (χ3n) is 4.99. The first kappa shape index (κ1) is 16.1. The summed E-state index contributed by atoms with van der Waals surface area (Å²) in [6.07, 6.45) is 10.8. The SMILES string of the molecule is CCC(C)n1ccc(CC2(C(=O)O)CCCCCCC2)n1. The van der Waals surface area contributed by atoms with E-state index in [0.29, 0.717) is 12.5 Å². The largest absolute Gasteiger partial charge is 0.481 e. The summed E-state index contributed by atoms with van der Waals surface area (Å²) in [6, 6.07) is 2.37. The smallest absolute Gasteiger partial charge is 0.310 e. The number of carbonyl (C=O) groups is 1. The van der Waals surface area contributed by atoms with Gasteiger partial charge in [-0.2, -0.15) is 5.10 Å². The van der Waals surface area contributed by atoms with Crippen molar-refractivity contribution in [2.24, 2.45) is 5.41 Å². The van der Waals surface area contributed by atoms with Crippen LogP contribution in [0.2, 0.25) is 0 Å². The molecule has 4 nitrogen and oxygen atoms in total. The Bertz CT molecular complexity index is 459. The minimum Gasteiger partial charge on any atom is -0.481 e. The van der Waals surface area contributed by atoms with Crippen molar-refractivity contribution in [3.05, 3.63) is 18.0 Å². The number of hydrogen-bond acceptors (Lipinski definition) is 2. The highest BCUT2D eigenvalue weighted by atomic mass is 16.4. The maximum atomic E-state index is 11.9. The van der Waals surface area contributed by atoms with Gasteiger partial charge in [0.2, 0.25) is 0 Å². The van der Waals surface area contributed by atoms with Crippen LogP contribution in [0.15, 0.2) is 12.3 Å². The predicted molar refractivity (Wildman–Crippen MR) is 83.3 cm³/mol. The molecule has 1 aromatic rings. The third kappa shape index (κ3) is 3.86. The Morgan fingerprint density at radius 3 is 2.52 bits per heavy atom. The van der Waals surface area contributed by atoms with Crippen LogP contribution < -0.4 is 0 Å². The summed E-state index contributed by atoms with van der Waals surface area (Å²) in [4.78, 5) is 11.9. The zero-order valence-electron chi connectivity index (χ0n) is 13.3. The van der Waals surface area contributed by atoms with E-state index in [-0.39, 0.29) is 0 Å². The molecule has 0 aliphatic heterocycles. The van der Waals surface area contributed by atoms with Crippen molar-refractivity contribution < 1.29 is 9.90 Å². The molecule has 118 valence electrons. The lowest BCUT2D eigenvalue weighted by Crippen LogP contribution is -2.34. The number of aromatic nitrogens is 2. The second kappa shape index (κ2) is 7.10. The van der Waals surface area contributed by atoms with Gasteiger partial charge in [0.15, 0.2) is 0 Å². The third-order valence-corrected chi connectivity index (χ3v) is 4.99. The molecule has 1 atom stereocenters. The molecule has 0 bridgehead atoms. The molecule has 0 aromatic carbocycles. The molecule has 21 heavy (non-hydrogen) atoms. The Hall–Kier alpha value is -1.32. The quantitative estimate of drug-likeness (QED) is 0.884. The molecule has 4 heteroatoms. The van der Waals surface area contributed by atoms with Crippen LogP contribution in [0.1, 0.15) is 76.9 Å². The van der Waals surface area contributed by atoms with Crippen molar-refractivity contribution in [2.75, 3.05) is 0 Å². The van der Waals surface area contributed by atoms with E-state index < -0.39 is 11.4 Å². The summed E-state index contributed by atoms with van der Waals surface area (Å²) >= 11 is 0. The highest BCUT2D eigenvalue weighted by molar-refractivity contribution is 5.75. The predicted octanol–water partition coefficient (Wildman–Crippen LogP) is 4.21. The standard InChI is InChI=1S/C17H28N2O2/c1-3-14(2)19-12-9-15(18-19)13-17(16(20)21)10-7-5-4-6-8-11-17/h9,12,14H,3-8,10-11,13H2,1-2H3,(H,20,21). The van der Waals surface area contributed by atoms with Gasteiger partial charge in [-0.25, -0.2) is 0 Å². The molecule has 1 aliphatic carbocycles. The number of aliphatic carboxylic acids is 1. The minimum absolute atomic E-state index is 0.372. The fourth-order valence-electron chi connectivity index (χ4n) is 3.30. The molecule has 0 saturated heterocycles. The summed E-state index contributed by atoms with van der Waals surface area (Å²) in [6.45, 7) is 4.28. The first-order valence-electron chi connectivity index (χ1n) is 8.35. The maximum Gasteiger partial charge on any atom is 0.310 e. The second-order valence-corrected chi connectivity index (χ2v) is 6.57. The van der Waals surface area contributed by atoms with Crippen molar-refractivity contribution >= 4 is 5.97 Å². The zero-order valence-corrected chi connectivity index (χ0v) is 13.3. The topological polar surface area (TPSA) is 55.1 Å². The molecule has 0 radical (unpaired) electrons. The van der Waals surface area contributed by atoms with Gasteiger partial charge in [-0.3, -0.25) is 9.48 Å². The van der Waals surface area contributed by atoms with E-state index in [1.807, 2.05) is 16.9 Å². The first-order valence-corrected chi connectivity index (χ1v) is 8.35. The lowest BCUT2D eigenvalue weighted by atomic mass is 9.73. The number of carboxylic acids is 1. The summed E-state index contributed by atoms with van der Waals surface area (Å²) < 4.78 is 1.97. The zero-order chi connectivity index (χ0) is 15.3. The van der Waals surface area contributed by atoms with Gasteiger partial charge in [-0.15, -0.1) is 0 Å². The summed E-state index contributed by atoms with van der Waals surface area (Å²) in [7, 11) is 0. The normalized spacial score (nSPS) is 20.5. The Kier molecular flexibility index (Phi) is 5.43. The van der Waals surface area contributed by atoms with Gasteiger partial charge in [0.05, 0.1) is 11.1 Å². The van der Waals surface area contributed by atoms with E-state index in [9.17, 15) is 9.90 Å². The molecular weight excluding hydrogens is 264 g/mol. The van der Waals surface area contributed by atoms with Crippen LogP contribution in [0.25, 0.3) is 0 Å². The van der Waals surface area contributed by atoms with Gasteiger partial charge in [0.1, 0.15) is 0 Å². The van der Waals surface area contributed by atoms with Crippen LogP contribution in [-0.4, -0.2) is 20.9 Å². The molecule has 1 N–H and O–H groups in total. The van der Waals surface area contributed by atoms with Gasteiger partial charge < -0.3 is 5.11 Å². The lowest BCUT2D eigenvalue weighted by molar-refractivity contribution is -0.150. The molecule has 1 unspecified atom stereocenters. The average Bonchev–Trinajstić information content (AvgIpc) is 2.89. The lowest BCUT2D eigenvalue weighted by Gasteiger charge is -2.30. The summed E-state index contributed by atoms with van der Waals surface area (Å²) in [5.41, 5.74) is 0.327. The van der Waals surface area contributed by atoms with Gasteiger partial charge in [-0.1, -0.05) is 39.0 Å². The first-order chi connectivity index (χ1) is 10.1. The van der Waals surface area contributed by atoms with Crippen molar-refractivity contribution in [3.63, 3.8) is 0 Å². The van der Waals surface area contributed by atoms with E-state index in [1.165, 1.54) is 6.42 Å². The van der Waals surface area contributed by atoms with Gasteiger partial charge in [0.25, 0.3) is 0 Å². The Morgan fingerprint density at radius 1 is 1.33 bits per heavy atom. The van der Waals surface area contributed by atoms with Crippen LogP contribution in [0, 0.1) is 5.41 Å². The van der Waals surface area contributed by atoms with Crippen LogP contribution in [0.5, 0.6) is 0 Å². The monoisotopic (exact) mass is 292 g/mol. The van der Waals surface area contributed by atoms with Gasteiger partial charge in [-0.05, 0) is 32.3 Å². The molecule has 1 saturated carbocycles. The molecule has 1 heterocycles. The average molecular weight is 292 g/mol. The summed E-state index contributed by atoms with van der Waals surface area (Å²) in [5.74, 6) is -0.637. The number of nitrogens with zero attached hydrogens (tertiary/aromatic N) is 2. The van der Waals surface area contributed by atoms with Gasteiger partial charge in [0, 0.05) is 18.7 Å². The van der Waals surface area contributed by atoms with Crippen molar-refractivity contribution in [1.82, 2.24) is 9.78 Å². The highest BCUT2D eigenvalue weighted by Gasteiger charge is 2.38. The number of hydrogen-bond donors (Lipinski definition) is 1. The van der Waals surface area contributed by atoms with Crippen LogP contribution >= 0.6 is 0 Å². The molecule has 2 rings (SSSR count). The minimum atomic E-state index is -0.637. The fourth-order valence-corrected chi connectivity index (χ4v) is 3.30. The van der Waals surface area contributed by atoms with E-state index in [2.05, 4.69) is 18.9 Å². The second-order valence-electron chi connectivity index (χ2n) is 6.57. The molecular formula is C17H28N2O2. The summed E-state index contributed by atoms with van der Waals surface area (Å²) in [5, 5.41) is 14.4. The Labute approximate surface area is 127 Å². The van der Waals surface area contributed by atoms with Crippen molar-refractivity contribution in [3.8, 4) is 0 Å². The molecule has 0 amide bonds. The molecule has 1 aromatic heterocycles. The van der Waals surface area contributed by atoms with E-state index in [1.54, 1.807) is 0 Å². The molecule has 1 aliphatic rings. The Balaban J connectivity index is 2.14. The van der Waals surface area contributed by atoms with Crippen molar-refractivity contribution in [1.29, 1.82) is 0 Å². The van der Waals surface area contributed by atoms with E-state index in [4.69, 9.17) is 0 Å². The molecule has 1 fully saturated rings. The van der Waals surface area contributed by atoms with E-state index in [0.717, 1.165) is 50.6 Å². The number of rotatable bonds is 5. The maximum absolute atomic E-state index is 11.9. The number of carboxylic acid groups (broad SMARTS) is 1. The van der Waals surface area contributed by atoms with Gasteiger partial charge >= 0.3 is 5.97 Å². The van der Waals surface area contributed by atoms with Crippen molar-refractivity contribution in [2.45, 2.75) is 77.7 Å². The van der Waals surface area contributed by atoms with E-state index >= 15 is 0 Å².